The summed E-state index contributed by atoms with van der Waals surface area (Å²) in [4.78, 5) is 29.9. The van der Waals surface area contributed by atoms with Crippen LogP contribution in [0.2, 0.25) is 0 Å². The Kier molecular flexibility index (Phi) is 8.64. The Bertz CT molecular complexity index is 898. The molecule has 0 aromatic heterocycles. The van der Waals surface area contributed by atoms with Crippen molar-refractivity contribution in [1.82, 2.24) is 20.4 Å². The van der Waals surface area contributed by atoms with Gasteiger partial charge in [-0.25, -0.2) is 0 Å². The molecule has 0 aliphatic carbocycles. The van der Waals surface area contributed by atoms with E-state index in [1.165, 1.54) is 5.56 Å². The molecule has 0 saturated carbocycles. The second kappa shape index (κ2) is 11.4. The van der Waals surface area contributed by atoms with E-state index in [2.05, 4.69) is 60.4 Å². The number of hydrogen-bond acceptors (Lipinski definition) is 4. The first-order valence-electron chi connectivity index (χ1n) is 11.9. The van der Waals surface area contributed by atoms with Crippen LogP contribution in [0.1, 0.15) is 54.7 Å². The van der Waals surface area contributed by atoms with Gasteiger partial charge in [-0.05, 0) is 35.7 Å². The molecule has 1 atom stereocenters. The summed E-state index contributed by atoms with van der Waals surface area (Å²) in [6.07, 6.45) is 0.248. The van der Waals surface area contributed by atoms with Gasteiger partial charge in [0.15, 0.2) is 0 Å². The number of nitrogens with one attached hydrogen (secondary N) is 2. The molecule has 2 amide bonds. The number of likely N-dealkylation sites (N-methyl/N-ethyl adjacent to an activating group) is 1. The van der Waals surface area contributed by atoms with E-state index >= 15 is 0 Å². The zero-order chi connectivity index (χ0) is 23.8. The smallest absolute Gasteiger partial charge is 0.251 e. The molecule has 1 aliphatic heterocycles. The van der Waals surface area contributed by atoms with Crippen LogP contribution in [0.25, 0.3) is 0 Å². The molecule has 3 rings (SSSR count). The minimum absolute atomic E-state index is 0.0481. The van der Waals surface area contributed by atoms with Crippen LogP contribution in [0, 0.1) is 0 Å². The molecule has 33 heavy (non-hydrogen) atoms. The van der Waals surface area contributed by atoms with Crippen LogP contribution < -0.4 is 10.6 Å². The van der Waals surface area contributed by atoms with Crippen LogP contribution in [0.5, 0.6) is 0 Å². The van der Waals surface area contributed by atoms with Crippen molar-refractivity contribution in [3.05, 3.63) is 71.3 Å². The van der Waals surface area contributed by atoms with E-state index in [1.54, 1.807) is 0 Å². The molecule has 0 radical (unpaired) electrons. The summed E-state index contributed by atoms with van der Waals surface area (Å²) in [5.74, 6) is -0.207. The van der Waals surface area contributed by atoms with Crippen LogP contribution in [-0.4, -0.2) is 67.9 Å². The quantitative estimate of drug-likeness (QED) is 0.648. The van der Waals surface area contributed by atoms with E-state index in [-0.39, 0.29) is 29.7 Å². The molecule has 2 N–H and O–H groups in total. The highest BCUT2D eigenvalue weighted by Gasteiger charge is 2.21. The minimum atomic E-state index is -0.152. The van der Waals surface area contributed by atoms with E-state index in [0.29, 0.717) is 12.1 Å². The van der Waals surface area contributed by atoms with Crippen molar-refractivity contribution in [2.45, 2.75) is 38.6 Å². The molecule has 6 heteroatoms. The van der Waals surface area contributed by atoms with E-state index in [0.717, 1.165) is 38.3 Å². The molecule has 0 bridgehead atoms. The third-order valence-corrected chi connectivity index (χ3v) is 6.22. The average molecular weight is 451 g/mol. The summed E-state index contributed by atoms with van der Waals surface area (Å²) in [7, 11) is 2.14. The largest absolute Gasteiger partial charge is 0.352 e. The number of carbonyl (C=O) groups excluding carboxylic acids is 2. The Balaban J connectivity index is 1.51. The maximum atomic E-state index is 12.7. The average Bonchev–Trinajstić information content (AvgIpc) is 2.80. The van der Waals surface area contributed by atoms with Gasteiger partial charge in [0, 0.05) is 51.3 Å². The molecule has 1 fully saturated rings. The Hall–Kier alpha value is -2.70. The molecule has 6 nitrogen and oxygen atoms in total. The maximum Gasteiger partial charge on any atom is 0.251 e. The van der Waals surface area contributed by atoms with Gasteiger partial charge in [-0.1, -0.05) is 63.2 Å². The highest BCUT2D eigenvalue weighted by atomic mass is 16.2. The van der Waals surface area contributed by atoms with Gasteiger partial charge in [-0.2, -0.15) is 0 Å². The Labute approximate surface area is 198 Å². The lowest BCUT2D eigenvalue weighted by atomic mass is 9.87. The monoisotopic (exact) mass is 450 g/mol. The fraction of sp³-hybridized carbons (Fsp3) is 0.481. The molecule has 178 valence electrons. The van der Waals surface area contributed by atoms with E-state index < -0.39 is 0 Å². The number of hydrogen-bond donors (Lipinski definition) is 2. The summed E-state index contributed by atoms with van der Waals surface area (Å²) in [5.41, 5.74) is 2.95. The maximum absolute atomic E-state index is 12.7. The van der Waals surface area contributed by atoms with Crippen LogP contribution >= 0.6 is 0 Å². The Morgan fingerprint density at radius 1 is 0.939 bits per heavy atom. The number of piperazine rings is 1. The second-order valence-corrected chi connectivity index (χ2v) is 9.97. The minimum Gasteiger partial charge on any atom is -0.352 e. The molecular weight excluding hydrogens is 412 g/mol. The van der Waals surface area contributed by atoms with Gasteiger partial charge < -0.3 is 15.5 Å². The van der Waals surface area contributed by atoms with Crippen LogP contribution in [-0.2, 0) is 10.2 Å². The zero-order valence-corrected chi connectivity index (χ0v) is 20.4. The Morgan fingerprint density at radius 3 is 2.18 bits per heavy atom. The molecular formula is C27H38N4O2. The predicted octanol–water partition coefficient (Wildman–Crippen LogP) is 3.21. The van der Waals surface area contributed by atoms with Crippen molar-refractivity contribution in [2.24, 2.45) is 0 Å². The first-order valence-corrected chi connectivity index (χ1v) is 11.9. The molecule has 2 aromatic rings. The third-order valence-electron chi connectivity index (χ3n) is 6.22. The zero-order valence-electron chi connectivity index (χ0n) is 20.4. The Morgan fingerprint density at radius 2 is 1.58 bits per heavy atom. The summed E-state index contributed by atoms with van der Waals surface area (Å²) < 4.78 is 0. The van der Waals surface area contributed by atoms with E-state index in [9.17, 15) is 9.59 Å². The molecule has 2 aromatic carbocycles. The number of nitrogens with zero attached hydrogens (tertiary/aromatic N) is 2. The number of carbonyl (C=O) groups is 2. The first kappa shape index (κ1) is 24.9. The lowest BCUT2D eigenvalue weighted by Gasteiger charge is -2.35. The van der Waals surface area contributed by atoms with Crippen molar-refractivity contribution >= 4 is 11.8 Å². The van der Waals surface area contributed by atoms with Crippen LogP contribution in [0.15, 0.2) is 54.6 Å². The molecule has 1 heterocycles. The summed E-state index contributed by atoms with van der Waals surface area (Å²) in [6, 6.07) is 17.7. The van der Waals surface area contributed by atoms with Crippen LogP contribution in [0.4, 0.5) is 0 Å². The van der Waals surface area contributed by atoms with Gasteiger partial charge >= 0.3 is 0 Å². The van der Waals surface area contributed by atoms with Gasteiger partial charge in [0.25, 0.3) is 5.91 Å². The fourth-order valence-electron chi connectivity index (χ4n) is 3.99. The summed E-state index contributed by atoms with van der Waals surface area (Å²) in [5, 5.41) is 6.06. The number of amides is 2. The van der Waals surface area contributed by atoms with Gasteiger partial charge in [0.1, 0.15) is 0 Å². The van der Waals surface area contributed by atoms with Crippen molar-refractivity contribution in [3.8, 4) is 0 Å². The standard InChI is InChI=1S/C27H38N4O2/c1-27(2,3)23-12-10-22(11-13-23)26(33)28-15-14-25(32)29-24(21-8-6-5-7-9-21)20-31-18-16-30(4)17-19-31/h5-13,24H,14-20H2,1-4H3,(H,28,33)(H,29,32). The number of benzene rings is 2. The van der Waals surface area contributed by atoms with Crippen molar-refractivity contribution in [2.75, 3.05) is 46.3 Å². The predicted molar refractivity (Wildman–Crippen MR) is 133 cm³/mol. The van der Waals surface area contributed by atoms with E-state index in [1.807, 2.05) is 42.5 Å². The molecule has 1 aliphatic rings. The summed E-state index contributed by atoms with van der Waals surface area (Å²) in [6.45, 7) is 11.6. The van der Waals surface area contributed by atoms with Crippen molar-refractivity contribution in [3.63, 3.8) is 0 Å². The van der Waals surface area contributed by atoms with Gasteiger partial charge in [-0.15, -0.1) is 0 Å². The van der Waals surface area contributed by atoms with E-state index in [4.69, 9.17) is 0 Å². The molecule has 0 spiro atoms. The van der Waals surface area contributed by atoms with Gasteiger partial charge in [0.2, 0.25) is 5.91 Å². The van der Waals surface area contributed by atoms with Crippen molar-refractivity contribution < 1.29 is 9.59 Å². The van der Waals surface area contributed by atoms with Gasteiger partial charge in [0.05, 0.1) is 6.04 Å². The normalized spacial score (nSPS) is 16.2. The highest BCUT2D eigenvalue weighted by Crippen LogP contribution is 2.22. The fourth-order valence-corrected chi connectivity index (χ4v) is 3.99. The third kappa shape index (κ3) is 7.69. The topological polar surface area (TPSA) is 64.7 Å². The van der Waals surface area contributed by atoms with Crippen LogP contribution in [0.3, 0.4) is 0 Å². The first-order chi connectivity index (χ1) is 15.7. The lowest BCUT2D eigenvalue weighted by Crippen LogP contribution is -2.48. The second-order valence-electron chi connectivity index (χ2n) is 9.97. The molecule has 1 unspecified atom stereocenters. The van der Waals surface area contributed by atoms with Crippen molar-refractivity contribution in [1.29, 1.82) is 0 Å². The summed E-state index contributed by atoms with van der Waals surface area (Å²) >= 11 is 0. The number of rotatable bonds is 8. The molecule has 1 saturated heterocycles. The highest BCUT2D eigenvalue weighted by molar-refractivity contribution is 5.94. The van der Waals surface area contributed by atoms with Gasteiger partial charge in [-0.3, -0.25) is 14.5 Å². The SMILES string of the molecule is CN1CCN(CC(NC(=O)CCNC(=O)c2ccc(C(C)(C)C)cc2)c2ccccc2)CC1. The lowest BCUT2D eigenvalue weighted by molar-refractivity contribution is -0.121.